The molecule has 0 spiro atoms. The number of carbonyl (C=O) groups excluding carboxylic acids is 2. The van der Waals surface area contributed by atoms with Gasteiger partial charge in [-0.1, -0.05) is 34.8 Å². The lowest BCUT2D eigenvalue weighted by Gasteiger charge is -2.12. The zero-order valence-corrected chi connectivity index (χ0v) is 21.5. The van der Waals surface area contributed by atoms with Crippen molar-refractivity contribution in [1.29, 1.82) is 0 Å². The normalized spacial score (nSPS) is 18.2. The summed E-state index contributed by atoms with van der Waals surface area (Å²) in [6.45, 7) is 1.65. The summed E-state index contributed by atoms with van der Waals surface area (Å²) in [4.78, 5) is 25.7. The summed E-state index contributed by atoms with van der Waals surface area (Å²) < 4.78 is 25.6. The van der Waals surface area contributed by atoms with E-state index in [2.05, 4.69) is 10.6 Å². The van der Waals surface area contributed by atoms with Crippen LogP contribution in [0.5, 0.6) is 0 Å². The molecule has 2 atom stereocenters. The van der Waals surface area contributed by atoms with Crippen molar-refractivity contribution >= 4 is 81.2 Å². The number of alkyl halides is 2. The fourth-order valence-corrected chi connectivity index (χ4v) is 5.31. The molecule has 0 bridgehead atoms. The Balaban J connectivity index is 1.52. The number of nitrogens with one attached hydrogen (secondary N) is 2. The topological polar surface area (TPSA) is 58.2 Å². The van der Waals surface area contributed by atoms with E-state index in [9.17, 15) is 18.4 Å². The molecule has 182 valence electrons. The van der Waals surface area contributed by atoms with Crippen molar-refractivity contribution in [2.45, 2.75) is 17.2 Å². The molecule has 2 unspecified atom stereocenters. The zero-order valence-electron chi connectivity index (χ0n) is 17.7. The molecular weight excluding hydrogens is 564 g/mol. The van der Waals surface area contributed by atoms with Gasteiger partial charge in [-0.15, -0.1) is 23.2 Å². The van der Waals surface area contributed by atoms with Gasteiger partial charge in [-0.3, -0.25) is 9.59 Å². The van der Waals surface area contributed by atoms with Crippen molar-refractivity contribution in [3.63, 3.8) is 0 Å². The second-order valence-corrected chi connectivity index (χ2v) is 10.7. The maximum atomic E-state index is 13.8. The summed E-state index contributed by atoms with van der Waals surface area (Å²) in [7, 11) is 0. The number of aryl methyl sites for hydroxylation is 1. The Morgan fingerprint density at radius 3 is 2.17 bits per heavy atom. The number of amides is 2. The van der Waals surface area contributed by atoms with Crippen LogP contribution in [-0.2, 0) is 4.79 Å². The summed E-state index contributed by atoms with van der Waals surface area (Å²) >= 11 is 30.6. The second kappa shape index (κ2) is 9.75. The first kappa shape index (κ1) is 26.0. The smallest absolute Gasteiger partial charge is 0.257 e. The Bertz CT molecular complexity index is 1340. The lowest BCUT2D eigenvalue weighted by molar-refractivity contribution is -0.117. The third-order valence-electron chi connectivity index (χ3n) is 5.62. The summed E-state index contributed by atoms with van der Waals surface area (Å²) in [6, 6.07) is 10.9. The Morgan fingerprint density at radius 1 is 0.886 bits per heavy atom. The Kier molecular flexibility index (Phi) is 7.24. The van der Waals surface area contributed by atoms with Gasteiger partial charge in [-0.25, -0.2) is 8.78 Å². The first-order valence-electron chi connectivity index (χ1n) is 10.1. The van der Waals surface area contributed by atoms with E-state index in [0.717, 1.165) is 0 Å². The van der Waals surface area contributed by atoms with E-state index in [1.807, 2.05) is 0 Å². The molecule has 4 rings (SSSR count). The van der Waals surface area contributed by atoms with Crippen LogP contribution in [0.2, 0.25) is 15.1 Å². The standard InChI is InChI=1S/C24H15Cl5F2N2O2/c1-10-6-12(30)2-5-18(10)33-22(34)14-9-13(3-4-15(14)25)32-23(35)20-19(24(20,28)29)11-7-16(26)21(31)17(27)8-11/h2-9,19-20H,1H3,(H,32,35)(H,33,34). The van der Waals surface area contributed by atoms with Crippen LogP contribution >= 0.6 is 58.0 Å². The third-order valence-corrected chi connectivity index (χ3v) is 7.44. The Labute approximate surface area is 224 Å². The van der Waals surface area contributed by atoms with Crippen molar-refractivity contribution < 1.29 is 18.4 Å². The Morgan fingerprint density at radius 2 is 1.54 bits per heavy atom. The van der Waals surface area contributed by atoms with Crippen LogP contribution in [0.1, 0.15) is 27.4 Å². The van der Waals surface area contributed by atoms with E-state index in [1.54, 1.807) is 6.92 Å². The molecule has 1 aliphatic rings. The van der Waals surface area contributed by atoms with E-state index in [1.165, 1.54) is 48.5 Å². The van der Waals surface area contributed by atoms with Crippen LogP contribution in [0.15, 0.2) is 48.5 Å². The highest BCUT2D eigenvalue weighted by atomic mass is 35.5. The highest BCUT2D eigenvalue weighted by Gasteiger charge is 2.67. The van der Waals surface area contributed by atoms with E-state index in [4.69, 9.17) is 58.0 Å². The predicted octanol–water partition coefficient (Wildman–Crippen LogP) is 8.01. The largest absolute Gasteiger partial charge is 0.326 e. The maximum Gasteiger partial charge on any atom is 0.257 e. The van der Waals surface area contributed by atoms with Crippen molar-refractivity contribution in [2.24, 2.45) is 5.92 Å². The first-order valence-corrected chi connectivity index (χ1v) is 12.0. The molecule has 2 N–H and O–H groups in total. The summed E-state index contributed by atoms with van der Waals surface area (Å²) in [5, 5.41) is 5.05. The van der Waals surface area contributed by atoms with Gasteiger partial charge >= 0.3 is 0 Å². The van der Waals surface area contributed by atoms with Crippen molar-refractivity contribution in [3.05, 3.63) is 91.9 Å². The fraction of sp³-hybridized carbons (Fsp3) is 0.167. The lowest BCUT2D eigenvalue weighted by Crippen LogP contribution is -2.18. The van der Waals surface area contributed by atoms with Gasteiger partial charge in [-0.2, -0.15) is 0 Å². The SMILES string of the molecule is Cc1cc(F)ccc1NC(=O)c1cc(NC(=O)C2C(c3cc(Cl)c(F)c(Cl)c3)C2(Cl)Cl)ccc1Cl. The van der Waals surface area contributed by atoms with Gasteiger partial charge in [0.2, 0.25) is 5.91 Å². The number of carbonyl (C=O) groups is 2. The molecule has 1 fully saturated rings. The molecule has 0 radical (unpaired) electrons. The molecular formula is C24H15Cl5F2N2O2. The van der Waals surface area contributed by atoms with Crippen molar-refractivity contribution in [1.82, 2.24) is 0 Å². The van der Waals surface area contributed by atoms with E-state index < -0.39 is 39.6 Å². The minimum Gasteiger partial charge on any atom is -0.326 e. The summed E-state index contributed by atoms with van der Waals surface area (Å²) in [5.74, 6) is -3.86. The number of halogens is 7. The highest BCUT2D eigenvalue weighted by Crippen LogP contribution is 2.65. The number of anilines is 2. The van der Waals surface area contributed by atoms with E-state index >= 15 is 0 Å². The van der Waals surface area contributed by atoms with Gasteiger partial charge in [0.05, 0.1) is 26.5 Å². The van der Waals surface area contributed by atoms with E-state index in [-0.39, 0.29) is 26.3 Å². The monoisotopic (exact) mass is 576 g/mol. The van der Waals surface area contributed by atoms with Gasteiger partial charge in [0.1, 0.15) is 10.2 Å². The van der Waals surface area contributed by atoms with Gasteiger partial charge in [0.15, 0.2) is 5.82 Å². The van der Waals surface area contributed by atoms with Crippen LogP contribution in [0, 0.1) is 24.5 Å². The average Bonchev–Trinajstić information content (AvgIpc) is 3.37. The zero-order chi connectivity index (χ0) is 25.7. The van der Waals surface area contributed by atoms with Gasteiger partial charge < -0.3 is 10.6 Å². The quantitative estimate of drug-likeness (QED) is 0.238. The summed E-state index contributed by atoms with van der Waals surface area (Å²) in [6.07, 6.45) is 0. The molecule has 1 aliphatic carbocycles. The second-order valence-electron chi connectivity index (χ2n) is 8.03. The molecule has 3 aromatic rings. The van der Waals surface area contributed by atoms with Crippen molar-refractivity contribution in [2.75, 3.05) is 10.6 Å². The highest BCUT2D eigenvalue weighted by molar-refractivity contribution is 6.53. The molecule has 3 aromatic carbocycles. The first-order chi connectivity index (χ1) is 16.4. The fourth-order valence-electron chi connectivity index (χ4n) is 3.78. The molecule has 35 heavy (non-hydrogen) atoms. The van der Waals surface area contributed by atoms with Crippen LogP contribution in [0.25, 0.3) is 0 Å². The van der Waals surface area contributed by atoms with E-state index in [0.29, 0.717) is 16.8 Å². The molecule has 2 amide bonds. The van der Waals surface area contributed by atoms with Crippen LogP contribution < -0.4 is 10.6 Å². The molecule has 11 heteroatoms. The maximum absolute atomic E-state index is 13.8. The number of rotatable bonds is 5. The van der Waals surface area contributed by atoms with Crippen molar-refractivity contribution in [3.8, 4) is 0 Å². The number of benzene rings is 3. The average molecular weight is 579 g/mol. The number of hydrogen-bond donors (Lipinski definition) is 2. The van der Waals surface area contributed by atoms with Crippen LogP contribution in [0.4, 0.5) is 20.2 Å². The lowest BCUT2D eigenvalue weighted by atomic mass is 10.1. The minimum absolute atomic E-state index is 0.0839. The summed E-state index contributed by atoms with van der Waals surface area (Å²) in [5.41, 5.74) is 1.71. The molecule has 1 saturated carbocycles. The van der Waals surface area contributed by atoms with Gasteiger partial charge in [-0.05, 0) is 66.6 Å². The third kappa shape index (κ3) is 5.23. The molecule has 4 nitrogen and oxygen atoms in total. The number of hydrogen-bond acceptors (Lipinski definition) is 2. The van der Waals surface area contributed by atoms with Gasteiger partial charge in [0, 0.05) is 17.3 Å². The van der Waals surface area contributed by atoms with Gasteiger partial charge in [0.25, 0.3) is 5.91 Å². The minimum atomic E-state index is -1.47. The van der Waals surface area contributed by atoms with Crippen LogP contribution in [-0.4, -0.2) is 16.1 Å². The predicted molar refractivity (Wildman–Crippen MR) is 136 cm³/mol. The molecule has 0 saturated heterocycles. The molecule has 0 heterocycles. The Hall–Kier alpha value is -2.09. The molecule has 0 aliphatic heterocycles. The van der Waals surface area contributed by atoms with Crippen LogP contribution in [0.3, 0.4) is 0 Å². The molecule has 0 aromatic heterocycles.